The highest BCUT2D eigenvalue weighted by Crippen LogP contribution is 2.32. The lowest BCUT2D eigenvalue weighted by Gasteiger charge is -2.14. The molecule has 0 amide bonds. The lowest BCUT2D eigenvalue weighted by atomic mass is 10.3. The fraction of sp³-hybridized carbons (Fsp3) is 0.250. The molecule has 0 aromatic heterocycles. The maximum Gasteiger partial charge on any atom is 0.330 e. The van der Waals surface area contributed by atoms with Gasteiger partial charge in [0, 0.05) is 6.08 Å². The third kappa shape index (κ3) is 4.80. The number of hydrogen-bond donors (Lipinski definition) is 1. The van der Waals surface area contributed by atoms with E-state index in [4.69, 9.17) is 9.47 Å². The number of halogens is 2. The molecule has 1 aromatic carbocycles. The normalized spacial score (nSPS) is 11.7. The van der Waals surface area contributed by atoms with E-state index in [1.165, 1.54) is 0 Å². The van der Waals surface area contributed by atoms with Crippen molar-refractivity contribution in [1.29, 1.82) is 0 Å². The Balaban J connectivity index is 2.45. The number of carbonyl (C=O) groups excluding carboxylic acids is 1. The number of rotatable bonds is 6. The van der Waals surface area contributed by atoms with Crippen LogP contribution in [-0.2, 0) is 9.53 Å². The summed E-state index contributed by atoms with van der Waals surface area (Å²) in [6, 6.07) is 5.50. The summed E-state index contributed by atoms with van der Waals surface area (Å²) in [5.41, 5.74) is 0. The summed E-state index contributed by atoms with van der Waals surface area (Å²) < 4.78 is 11.7. The predicted octanol–water partition coefficient (Wildman–Crippen LogP) is 2.68. The molecule has 0 radical (unpaired) electrons. The second-order valence-electron chi connectivity index (χ2n) is 3.35. The van der Waals surface area contributed by atoms with Crippen LogP contribution in [0.25, 0.3) is 0 Å². The molecule has 1 atom stereocenters. The molecule has 18 heavy (non-hydrogen) atoms. The molecule has 0 heterocycles. The van der Waals surface area contributed by atoms with E-state index >= 15 is 0 Å². The minimum absolute atomic E-state index is 0.0195. The van der Waals surface area contributed by atoms with Crippen LogP contribution < -0.4 is 4.74 Å². The van der Waals surface area contributed by atoms with Crippen LogP contribution in [0.1, 0.15) is 0 Å². The van der Waals surface area contributed by atoms with Gasteiger partial charge < -0.3 is 14.6 Å². The quantitative estimate of drug-likeness (QED) is 0.609. The smallest absolute Gasteiger partial charge is 0.330 e. The summed E-state index contributed by atoms with van der Waals surface area (Å²) in [4.78, 5) is 10.8. The maximum atomic E-state index is 10.8. The summed E-state index contributed by atoms with van der Waals surface area (Å²) in [6.07, 6.45) is 0.144. The first-order valence-electron chi connectivity index (χ1n) is 5.08. The molecule has 98 valence electrons. The highest BCUT2D eigenvalue weighted by atomic mass is 79.9. The monoisotopic (exact) mass is 378 g/mol. The molecule has 0 saturated heterocycles. The number of aliphatic hydroxyl groups is 1. The van der Waals surface area contributed by atoms with Gasteiger partial charge in [-0.15, -0.1) is 0 Å². The van der Waals surface area contributed by atoms with E-state index in [9.17, 15) is 9.90 Å². The van der Waals surface area contributed by atoms with Crippen LogP contribution in [-0.4, -0.2) is 30.4 Å². The summed E-state index contributed by atoms with van der Waals surface area (Å²) >= 11 is 6.67. The van der Waals surface area contributed by atoms with Gasteiger partial charge in [0.15, 0.2) is 0 Å². The van der Waals surface area contributed by atoms with E-state index in [2.05, 4.69) is 38.4 Å². The number of para-hydroxylation sites is 1. The Bertz CT molecular complexity index is 414. The third-order valence-electron chi connectivity index (χ3n) is 1.92. The van der Waals surface area contributed by atoms with Gasteiger partial charge in [-0.2, -0.15) is 0 Å². The van der Waals surface area contributed by atoms with Gasteiger partial charge in [-0.3, -0.25) is 0 Å². The van der Waals surface area contributed by atoms with Crippen LogP contribution in [0.4, 0.5) is 0 Å². The predicted molar refractivity (Wildman–Crippen MR) is 74.5 cm³/mol. The number of carbonyl (C=O) groups is 1. The molecule has 4 nitrogen and oxygen atoms in total. The van der Waals surface area contributed by atoms with Crippen LogP contribution in [0.15, 0.2) is 39.8 Å². The van der Waals surface area contributed by atoms with E-state index in [1.54, 1.807) is 0 Å². The van der Waals surface area contributed by atoms with Gasteiger partial charge in [-0.1, -0.05) is 12.6 Å². The van der Waals surface area contributed by atoms with Crippen molar-refractivity contribution in [3.05, 3.63) is 39.8 Å². The first kappa shape index (κ1) is 15.2. The van der Waals surface area contributed by atoms with Gasteiger partial charge in [0.25, 0.3) is 0 Å². The highest BCUT2D eigenvalue weighted by molar-refractivity contribution is 9.11. The van der Waals surface area contributed by atoms with E-state index in [-0.39, 0.29) is 13.2 Å². The van der Waals surface area contributed by atoms with Gasteiger partial charge in [-0.05, 0) is 44.0 Å². The van der Waals surface area contributed by atoms with Gasteiger partial charge in [0.05, 0.1) is 8.95 Å². The Labute approximate surface area is 122 Å². The van der Waals surface area contributed by atoms with Crippen LogP contribution >= 0.6 is 31.9 Å². The minimum Gasteiger partial charge on any atom is -0.488 e. The second kappa shape index (κ2) is 7.56. The van der Waals surface area contributed by atoms with Crippen LogP contribution in [0.2, 0.25) is 0 Å². The second-order valence-corrected chi connectivity index (χ2v) is 5.06. The minimum atomic E-state index is -0.895. The SMILES string of the molecule is C=CC(=O)OCC(O)COc1c(Br)cccc1Br. The van der Waals surface area contributed by atoms with Gasteiger partial charge in [0.2, 0.25) is 0 Å². The molecule has 6 heteroatoms. The average Bonchev–Trinajstić information content (AvgIpc) is 2.35. The van der Waals surface area contributed by atoms with E-state index < -0.39 is 12.1 Å². The third-order valence-corrected chi connectivity index (χ3v) is 3.17. The summed E-state index contributed by atoms with van der Waals surface area (Å²) in [6.45, 7) is 3.14. The van der Waals surface area contributed by atoms with Crippen LogP contribution in [0.5, 0.6) is 5.75 Å². The molecule has 1 unspecified atom stereocenters. The molecule has 1 rings (SSSR count). The van der Waals surface area contributed by atoms with Crippen molar-refractivity contribution in [1.82, 2.24) is 0 Å². The van der Waals surface area contributed by atoms with Crippen molar-refractivity contribution in [2.45, 2.75) is 6.10 Å². The number of ether oxygens (including phenoxy) is 2. The molecule has 0 fully saturated rings. The molecule has 1 N–H and O–H groups in total. The zero-order valence-corrected chi connectivity index (χ0v) is 12.6. The molecule has 0 aliphatic carbocycles. The first-order valence-corrected chi connectivity index (χ1v) is 6.67. The van der Waals surface area contributed by atoms with Gasteiger partial charge >= 0.3 is 5.97 Å². The Kier molecular flexibility index (Phi) is 6.38. The fourth-order valence-corrected chi connectivity index (χ4v) is 2.31. The molecule has 1 aromatic rings. The first-order chi connectivity index (χ1) is 8.54. The Morgan fingerprint density at radius 2 is 2.00 bits per heavy atom. The van der Waals surface area contributed by atoms with E-state index in [0.29, 0.717) is 5.75 Å². The summed E-state index contributed by atoms with van der Waals surface area (Å²) in [5.74, 6) is 0.0164. The molecule has 0 aliphatic heterocycles. The lowest BCUT2D eigenvalue weighted by Crippen LogP contribution is -2.24. The molecule has 0 saturated carbocycles. The average molecular weight is 380 g/mol. The zero-order valence-electron chi connectivity index (χ0n) is 9.44. The number of aliphatic hydroxyl groups excluding tert-OH is 1. The zero-order chi connectivity index (χ0) is 13.5. The van der Waals surface area contributed by atoms with Crippen molar-refractivity contribution in [2.75, 3.05) is 13.2 Å². The van der Waals surface area contributed by atoms with Gasteiger partial charge in [0.1, 0.15) is 25.1 Å². The van der Waals surface area contributed by atoms with E-state index in [1.807, 2.05) is 18.2 Å². The Hall–Kier alpha value is -0.850. The standard InChI is InChI=1S/C12H12Br2O4/c1-2-11(16)17-6-8(15)7-18-12-9(13)4-3-5-10(12)14/h2-5,8,15H,1,6-7H2. The topological polar surface area (TPSA) is 55.8 Å². The molecular formula is C12H12Br2O4. The number of benzene rings is 1. The van der Waals surface area contributed by atoms with Crippen molar-refractivity contribution >= 4 is 37.8 Å². The number of hydrogen-bond acceptors (Lipinski definition) is 4. The van der Waals surface area contributed by atoms with Crippen molar-refractivity contribution in [3.8, 4) is 5.75 Å². The summed E-state index contributed by atoms with van der Waals surface area (Å²) in [5, 5.41) is 9.57. The molecule has 0 spiro atoms. The fourth-order valence-electron chi connectivity index (χ4n) is 1.09. The maximum absolute atomic E-state index is 10.8. The van der Waals surface area contributed by atoms with Crippen LogP contribution in [0.3, 0.4) is 0 Å². The van der Waals surface area contributed by atoms with Crippen molar-refractivity contribution in [3.63, 3.8) is 0 Å². The molecule has 0 bridgehead atoms. The molecular weight excluding hydrogens is 368 g/mol. The Morgan fingerprint density at radius 3 is 2.56 bits per heavy atom. The van der Waals surface area contributed by atoms with Crippen molar-refractivity contribution in [2.24, 2.45) is 0 Å². The molecule has 0 aliphatic rings. The Morgan fingerprint density at radius 1 is 1.39 bits per heavy atom. The summed E-state index contributed by atoms with van der Waals surface area (Å²) in [7, 11) is 0. The van der Waals surface area contributed by atoms with Crippen molar-refractivity contribution < 1.29 is 19.4 Å². The lowest BCUT2D eigenvalue weighted by molar-refractivity contribution is -0.141. The number of esters is 1. The van der Waals surface area contributed by atoms with E-state index in [0.717, 1.165) is 15.0 Å². The highest BCUT2D eigenvalue weighted by Gasteiger charge is 2.11. The largest absolute Gasteiger partial charge is 0.488 e. The van der Waals surface area contributed by atoms with Gasteiger partial charge in [-0.25, -0.2) is 4.79 Å². The van der Waals surface area contributed by atoms with Crippen LogP contribution in [0, 0.1) is 0 Å².